The van der Waals surface area contributed by atoms with Crippen LogP contribution in [-0.2, 0) is 9.92 Å². The molecule has 0 saturated carbocycles. The quantitative estimate of drug-likeness (QED) is 0.827. The highest BCUT2D eigenvalue weighted by atomic mass is 32.2. The van der Waals surface area contributed by atoms with Crippen molar-refractivity contribution < 1.29 is 4.21 Å². The summed E-state index contributed by atoms with van der Waals surface area (Å²) in [5, 5.41) is 6.01. The van der Waals surface area contributed by atoms with Gasteiger partial charge in [-0.1, -0.05) is 38.5 Å². The second-order valence-electron chi connectivity index (χ2n) is 6.28. The largest absolute Gasteiger partial charge is 0.261 e. The van der Waals surface area contributed by atoms with Crippen molar-refractivity contribution in [1.29, 1.82) is 0 Å². The zero-order valence-electron chi connectivity index (χ0n) is 12.2. The van der Waals surface area contributed by atoms with E-state index in [2.05, 4.69) is 37.9 Å². The molecule has 5 heteroatoms. The molecule has 0 aromatic heterocycles. The van der Waals surface area contributed by atoms with Gasteiger partial charge in [0.05, 0.1) is 4.90 Å². The highest BCUT2D eigenvalue weighted by Gasteiger charge is 2.37. The van der Waals surface area contributed by atoms with Crippen LogP contribution in [0.25, 0.3) is 0 Å². The predicted molar refractivity (Wildman–Crippen MR) is 81.4 cm³/mol. The van der Waals surface area contributed by atoms with Gasteiger partial charge in [0.15, 0.2) is 8.24 Å². The lowest BCUT2D eigenvalue weighted by Crippen LogP contribution is -2.37. The van der Waals surface area contributed by atoms with Crippen LogP contribution in [0.5, 0.6) is 0 Å². The van der Waals surface area contributed by atoms with Crippen LogP contribution in [0.15, 0.2) is 33.2 Å². The van der Waals surface area contributed by atoms with Gasteiger partial charge in [-0.3, -0.25) is 4.03 Å². The standard InChI is InChI=1S/C13H24N2OSSi/c1-11-7-9-12(10-8-11)17(14,16)15-18(5,6)13(2,3)4/h7-10H,1-6H3,(H2,14,15,16). The monoisotopic (exact) mass is 284 g/mol. The maximum absolute atomic E-state index is 12.6. The Hall–Kier alpha value is -0.653. The number of hydrogen-bond donors (Lipinski definition) is 1. The van der Waals surface area contributed by atoms with Gasteiger partial charge in [-0.25, -0.2) is 9.35 Å². The number of benzene rings is 1. The summed E-state index contributed by atoms with van der Waals surface area (Å²) in [4.78, 5) is 0.623. The average molecular weight is 285 g/mol. The summed E-state index contributed by atoms with van der Waals surface area (Å²) < 4.78 is 17.2. The van der Waals surface area contributed by atoms with Crippen molar-refractivity contribution in [2.24, 2.45) is 9.17 Å². The summed E-state index contributed by atoms with van der Waals surface area (Å²) in [6, 6.07) is 7.47. The van der Waals surface area contributed by atoms with Gasteiger partial charge in [0.2, 0.25) is 0 Å². The first kappa shape index (κ1) is 15.4. The minimum atomic E-state index is -2.78. The molecule has 0 heterocycles. The molecule has 0 aliphatic carbocycles. The molecule has 102 valence electrons. The number of rotatable bonds is 2. The summed E-state index contributed by atoms with van der Waals surface area (Å²) in [7, 11) is -4.79. The minimum Gasteiger partial charge on any atom is -0.261 e. The molecule has 0 saturated heterocycles. The Morgan fingerprint density at radius 1 is 1.17 bits per heavy atom. The van der Waals surface area contributed by atoms with Crippen LogP contribution in [0.1, 0.15) is 26.3 Å². The minimum absolute atomic E-state index is 0.0414. The summed E-state index contributed by atoms with van der Waals surface area (Å²) in [6.45, 7) is 12.6. The van der Waals surface area contributed by atoms with E-state index in [1.807, 2.05) is 31.2 Å². The first-order valence-corrected chi connectivity index (χ1v) is 10.6. The zero-order chi connectivity index (χ0) is 14.2. The molecule has 0 aliphatic rings. The van der Waals surface area contributed by atoms with Gasteiger partial charge in [-0.2, -0.15) is 0 Å². The van der Waals surface area contributed by atoms with Gasteiger partial charge >= 0.3 is 0 Å². The third-order valence-electron chi connectivity index (χ3n) is 3.56. The van der Waals surface area contributed by atoms with Crippen LogP contribution in [-0.4, -0.2) is 12.4 Å². The molecule has 2 N–H and O–H groups in total. The molecule has 0 spiro atoms. The maximum Gasteiger partial charge on any atom is 0.195 e. The second kappa shape index (κ2) is 4.79. The zero-order valence-corrected chi connectivity index (χ0v) is 14.0. The van der Waals surface area contributed by atoms with E-state index in [0.29, 0.717) is 4.90 Å². The summed E-state index contributed by atoms with van der Waals surface area (Å²) in [6.07, 6.45) is 0. The Labute approximate surface area is 112 Å². The number of hydrogen-bond acceptors (Lipinski definition) is 2. The highest BCUT2D eigenvalue weighted by Crippen LogP contribution is 2.37. The molecule has 0 amide bonds. The fourth-order valence-electron chi connectivity index (χ4n) is 1.26. The van der Waals surface area contributed by atoms with Crippen molar-refractivity contribution in [3.8, 4) is 0 Å². The fraction of sp³-hybridized carbons (Fsp3) is 0.538. The van der Waals surface area contributed by atoms with Crippen molar-refractivity contribution in [3.05, 3.63) is 29.8 Å². The molecule has 1 aromatic rings. The smallest absolute Gasteiger partial charge is 0.195 e. The van der Waals surface area contributed by atoms with Crippen LogP contribution < -0.4 is 5.14 Å². The normalized spacial score (nSPS) is 16.2. The molecular formula is C13H24N2OSSi. The van der Waals surface area contributed by atoms with Gasteiger partial charge < -0.3 is 0 Å². The number of nitrogens with zero attached hydrogens (tertiary/aromatic N) is 1. The van der Waals surface area contributed by atoms with Gasteiger partial charge in [0.1, 0.15) is 9.92 Å². The molecular weight excluding hydrogens is 260 g/mol. The highest BCUT2D eigenvalue weighted by molar-refractivity contribution is 7.92. The van der Waals surface area contributed by atoms with Gasteiger partial charge in [0, 0.05) is 0 Å². The van der Waals surface area contributed by atoms with Gasteiger partial charge in [-0.15, -0.1) is 0 Å². The Kier molecular flexibility index (Phi) is 4.10. The SMILES string of the molecule is Cc1ccc(S(N)(=O)=N[Si](C)(C)C(C)(C)C)cc1. The second-order valence-corrected chi connectivity index (χ2v) is 13.2. The Bertz CT molecular complexity index is 535. The third kappa shape index (κ3) is 3.43. The van der Waals surface area contributed by atoms with Crippen LogP contribution in [0, 0.1) is 6.92 Å². The lowest BCUT2D eigenvalue weighted by atomic mass is 10.2. The van der Waals surface area contributed by atoms with E-state index in [1.54, 1.807) is 0 Å². The molecule has 0 fully saturated rings. The van der Waals surface area contributed by atoms with Crippen molar-refractivity contribution in [1.82, 2.24) is 0 Å². The lowest BCUT2D eigenvalue weighted by Gasteiger charge is -2.32. The summed E-state index contributed by atoms with van der Waals surface area (Å²) >= 11 is 0. The third-order valence-corrected chi connectivity index (χ3v) is 11.1. The van der Waals surface area contributed by atoms with Crippen molar-refractivity contribution in [3.63, 3.8) is 0 Å². The first-order valence-electron chi connectivity index (χ1n) is 6.08. The van der Waals surface area contributed by atoms with E-state index in [4.69, 9.17) is 5.14 Å². The van der Waals surface area contributed by atoms with Crippen molar-refractivity contribution >= 4 is 18.2 Å². The van der Waals surface area contributed by atoms with Gasteiger partial charge in [-0.05, 0) is 37.2 Å². The molecule has 0 radical (unpaired) electrons. The van der Waals surface area contributed by atoms with E-state index in [9.17, 15) is 4.21 Å². The topological polar surface area (TPSA) is 55.5 Å². The van der Waals surface area contributed by atoms with E-state index < -0.39 is 18.2 Å². The first-order chi connectivity index (χ1) is 7.96. The molecule has 1 atom stereocenters. The van der Waals surface area contributed by atoms with Crippen LogP contribution in [0.4, 0.5) is 0 Å². The number of aryl methyl sites for hydroxylation is 1. The average Bonchev–Trinajstić information content (AvgIpc) is 2.14. The molecule has 1 unspecified atom stereocenters. The summed E-state index contributed by atoms with van der Waals surface area (Å²) in [5.74, 6) is 0. The van der Waals surface area contributed by atoms with E-state index in [1.165, 1.54) is 0 Å². The maximum atomic E-state index is 12.6. The van der Waals surface area contributed by atoms with Crippen molar-refractivity contribution in [2.75, 3.05) is 0 Å². The Balaban J connectivity index is 3.30. The summed E-state index contributed by atoms with van der Waals surface area (Å²) in [5.41, 5.74) is 1.13. The fourth-order valence-corrected chi connectivity index (χ4v) is 6.02. The van der Waals surface area contributed by atoms with Crippen LogP contribution in [0.3, 0.4) is 0 Å². The lowest BCUT2D eigenvalue weighted by molar-refractivity contribution is 0.675. The molecule has 3 nitrogen and oxygen atoms in total. The van der Waals surface area contributed by atoms with Crippen LogP contribution in [0.2, 0.25) is 18.1 Å². The van der Waals surface area contributed by atoms with Gasteiger partial charge in [0.25, 0.3) is 0 Å². The Morgan fingerprint density at radius 2 is 1.61 bits per heavy atom. The molecule has 1 rings (SSSR count). The number of nitrogens with two attached hydrogens (primary N) is 1. The van der Waals surface area contributed by atoms with E-state index in [-0.39, 0.29) is 5.04 Å². The molecule has 1 aromatic carbocycles. The van der Waals surface area contributed by atoms with Crippen LogP contribution >= 0.6 is 0 Å². The molecule has 0 aliphatic heterocycles. The molecule has 18 heavy (non-hydrogen) atoms. The van der Waals surface area contributed by atoms with E-state index in [0.717, 1.165) is 5.56 Å². The Morgan fingerprint density at radius 3 is 2.00 bits per heavy atom. The van der Waals surface area contributed by atoms with Crippen molar-refractivity contribution in [2.45, 2.75) is 50.7 Å². The molecule has 0 bridgehead atoms. The van der Waals surface area contributed by atoms with E-state index >= 15 is 0 Å². The predicted octanol–water partition coefficient (Wildman–Crippen LogP) is 3.70.